The number of H-pyrrole nitrogens is 1. The number of aromatic hydroxyl groups is 1. The number of nitro groups is 1. The molecule has 0 saturated carbocycles. The molecule has 0 spiro atoms. The summed E-state index contributed by atoms with van der Waals surface area (Å²) in [6.45, 7) is 2.61. The van der Waals surface area contributed by atoms with E-state index in [4.69, 9.17) is 21.1 Å². The Hall–Kier alpha value is -3.12. The predicted molar refractivity (Wildman–Crippen MR) is 128 cm³/mol. The van der Waals surface area contributed by atoms with E-state index in [1.165, 1.54) is 6.08 Å². The molecule has 32 heavy (non-hydrogen) atoms. The summed E-state index contributed by atoms with van der Waals surface area (Å²) in [6, 6.07) is 10.9. The van der Waals surface area contributed by atoms with Gasteiger partial charge in [-0.05, 0) is 71.0 Å². The van der Waals surface area contributed by atoms with Crippen molar-refractivity contribution in [1.29, 1.82) is 0 Å². The van der Waals surface area contributed by atoms with Gasteiger partial charge in [-0.25, -0.2) is 0 Å². The fourth-order valence-corrected chi connectivity index (χ4v) is 3.62. The first-order valence-corrected chi connectivity index (χ1v) is 10.7. The number of aromatic nitrogens is 2. The van der Waals surface area contributed by atoms with Crippen molar-refractivity contribution in [2.75, 3.05) is 6.61 Å². The lowest BCUT2D eigenvalue weighted by Crippen LogP contribution is -2.14. The zero-order valence-electron chi connectivity index (χ0n) is 16.7. The van der Waals surface area contributed by atoms with Gasteiger partial charge >= 0.3 is 11.2 Å². The van der Waals surface area contributed by atoms with Crippen LogP contribution in [0.4, 0.5) is 5.69 Å². The fourth-order valence-electron chi connectivity index (χ4n) is 2.71. The maximum atomic E-state index is 11.8. The van der Waals surface area contributed by atoms with Crippen molar-refractivity contribution in [2.24, 2.45) is 0 Å². The van der Waals surface area contributed by atoms with Gasteiger partial charge in [0, 0.05) is 5.02 Å². The Morgan fingerprint density at radius 1 is 1.25 bits per heavy atom. The number of aromatic amines is 1. The van der Waals surface area contributed by atoms with Crippen LogP contribution >= 0.6 is 34.2 Å². The highest BCUT2D eigenvalue weighted by Gasteiger charge is 2.21. The van der Waals surface area contributed by atoms with Gasteiger partial charge in [-0.15, -0.1) is 0 Å². The van der Waals surface area contributed by atoms with E-state index in [9.17, 15) is 20.0 Å². The molecule has 0 radical (unpaired) electrons. The maximum absolute atomic E-state index is 11.8. The number of hydrogen-bond acceptors (Lipinski definition) is 7. The average Bonchev–Trinajstić information content (AvgIpc) is 2.72. The van der Waals surface area contributed by atoms with Gasteiger partial charge in [0.2, 0.25) is 0 Å². The lowest BCUT2D eigenvalue weighted by Gasteiger charge is -2.15. The fraction of sp³-hybridized carbons (Fsp3) is 0.143. The number of nitrogens with zero attached hydrogens (tertiary/aromatic N) is 2. The van der Waals surface area contributed by atoms with Gasteiger partial charge in [0.1, 0.15) is 12.4 Å². The second-order valence-electron chi connectivity index (χ2n) is 6.39. The number of ether oxygens (including phenoxy) is 2. The summed E-state index contributed by atoms with van der Waals surface area (Å²) in [4.78, 5) is 27.5. The molecule has 0 bridgehead atoms. The van der Waals surface area contributed by atoms with Crippen LogP contribution in [0.2, 0.25) is 5.02 Å². The molecule has 0 aliphatic heterocycles. The first-order chi connectivity index (χ1) is 15.3. The van der Waals surface area contributed by atoms with Crippen LogP contribution in [0.3, 0.4) is 0 Å². The van der Waals surface area contributed by atoms with E-state index in [0.29, 0.717) is 35.3 Å². The summed E-state index contributed by atoms with van der Waals surface area (Å²) in [5, 5.41) is 21.1. The van der Waals surface area contributed by atoms with E-state index in [-0.39, 0.29) is 5.82 Å². The van der Waals surface area contributed by atoms with Gasteiger partial charge in [-0.2, -0.15) is 4.98 Å². The third kappa shape index (κ3) is 5.77. The molecule has 0 amide bonds. The quantitative estimate of drug-likeness (QED) is 0.227. The van der Waals surface area contributed by atoms with Gasteiger partial charge < -0.3 is 19.6 Å². The van der Waals surface area contributed by atoms with Gasteiger partial charge in [0.05, 0.1) is 15.1 Å². The highest BCUT2D eigenvalue weighted by Crippen LogP contribution is 2.35. The van der Waals surface area contributed by atoms with E-state index in [1.54, 1.807) is 24.3 Å². The first-order valence-electron chi connectivity index (χ1n) is 9.27. The standard InChI is InChI=1S/C21H17ClIN3O6/c1-2-31-16-10-13(5-8-17-24-20(27)18(26(29)30)21(28)25-17)9-15(23)19(16)32-11-12-3-6-14(22)7-4-12/h3-10H,2,11H2,1H3,(H2,24,25,27,28)/b8-5-. The van der Waals surface area contributed by atoms with Crippen molar-refractivity contribution in [1.82, 2.24) is 9.97 Å². The molecule has 0 aliphatic carbocycles. The van der Waals surface area contributed by atoms with Crippen LogP contribution in [-0.2, 0) is 6.61 Å². The number of rotatable bonds is 8. The molecule has 0 atom stereocenters. The number of hydrogen-bond donors (Lipinski definition) is 2. The number of nitrogens with one attached hydrogen (secondary N) is 1. The minimum Gasteiger partial charge on any atom is -0.490 e. The highest BCUT2D eigenvalue weighted by molar-refractivity contribution is 14.1. The summed E-state index contributed by atoms with van der Waals surface area (Å²) in [5.41, 5.74) is -0.392. The molecule has 1 heterocycles. The molecule has 3 rings (SSSR count). The molecule has 0 aliphatic rings. The summed E-state index contributed by atoms with van der Waals surface area (Å²) < 4.78 is 12.5. The van der Waals surface area contributed by atoms with Gasteiger partial charge in [0.25, 0.3) is 5.88 Å². The van der Waals surface area contributed by atoms with Crippen LogP contribution in [0, 0.1) is 13.7 Å². The van der Waals surface area contributed by atoms with Crippen molar-refractivity contribution in [2.45, 2.75) is 13.5 Å². The Kier molecular flexibility index (Phi) is 7.70. The lowest BCUT2D eigenvalue weighted by atomic mass is 10.2. The Balaban J connectivity index is 1.86. The maximum Gasteiger partial charge on any atom is 0.395 e. The zero-order valence-corrected chi connectivity index (χ0v) is 19.6. The van der Waals surface area contributed by atoms with Crippen molar-refractivity contribution < 1.29 is 19.5 Å². The number of benzene rings is 2. The van der Waals surface area contributed by atoms with Crippen molar-refractivity contribution >= 4 is 52.0 Å². The van der Waals surface area contributed by atoms with E-state index >= 15 is 0 Å². The van der Waals surface area contributed by atoms with Gasteiger partial charge in [-0.1, -0.05) is 29.8 Å². The molecule has 0 fully saturated rings. The molecule has 9 nitrogen and oxygen atoms in total. The van der Waals surface area contributed by atoms with Crippen LogP contribution in [0.25, 0.3) is 12.2 Å². The third-order valence-corrected chi connectivity index (χ3v) is 5.19. The van der Waals surface area contributed by atoms with Crippen LogP contribution < -0.4 is 15.0 Å². The van der Waals surface area contributed by atoms with E-state index in [2.05, 4.69) is 32.6 Å². The SMILES string of the molecule is CCOc1cc(/C=C\c2nc(O)c([N+](=O)[O-])c(=O)[nH]2)cc(I)c1OCc1ccc(Cl)cc1. The van der Waals surface area contributed by atoms with E-state index < -0.39 is 22.0 Å². The first kappa shape index (κ1) is 23.5. The topological polar surface area (TPSA) is 128 Å². The van der Waals surface area contributed by atoms with E-state index in [0.717, 1.165) is 9.13 Å². The average molecular weight is 570 g/mol. The van der Waals surface area contributed by atoms with Crippen LogP contribution in [0.1, 0.15) is 23.9 Å². The minimum absolute atomic E-state index is 0.0332. The van der Waals surface area contributed by atoms with Crippen LogP contribution in [0.5, 0.6) is 17.4 Å². The Morgan fingerprint density at radius 2 is 1.97 bits per heavy atom. The van der Waals surface area contributed by atoms with Gasteiger partial charge in [-0.3, -0.25) is 14.9 Å². The second-order valence-corrected chi connectivity index (χ2v) is 7.99. The monoisotopic (exact) mass is 569 g/mol. The molecule has 11 heteroatoms. The highest BCUT2D eigenvalue weighted by atomic mass is 127. The van der Waals surface area contributed by atoms with Crippen molar-refractivity contribution in [3.05, 3.63) is 82.4 Å². The molecule has 1 aromatic heterocycles. The minimum atomic E-state index is -1.04. The molecule has 0 unspecified atom stereocenters. The Labute approximate surface area is 201 Å². The third-order valence-electron chi connectivity index (χ3n) is 4.14. The molecule has 2 N–H and O–H groups in total. The summed E-state index contributed by atoms with van der Waals surface area (Å²) >= 11 is 8.04. The second kappa shape index (κ2) is 10.5. The molecule has 3 aromatic rings. The Bertz CT molecular complexity index is 1230. The summed E-state index contributed by atoms with van der Waals surface area (Å²) in [5.74, 6) is 0.128. The van der Waals surface area contributed by atoms with Gasteiger partial charge in [0.15, 0.2) is 11.5 Å². The molecule has 166 valence electrons. The normalized spacial score (nSPS) is 11.0. The van der Waals surface area contributed by atoms with Crippen LogP contribution in [0.15, 0.2) is 41.2 Å². The molecular formula is C21H17ClIN3O6. The summed E-state index contributed by atoms with van der Waals surface area (Å²) in [6.07, 6.45) is 3.04. The molecular weight excluding hydrogens is 553 g/mol. The zero-order chi connectivity index (χ0) is 23.3. The summed E-state index contributed by atoms with van der Waals surface area (Å²) in [7, 11) is 0. The van der Waals surface area contributed by atoms with E-state index in [1.807, 2.05) is 25.1 Å². The molecule has 2 aromatic carbocycles. The van der Waals surface area contributed by atoms with Crippen LogP contribution in [-0.4, -0.2) is 26.6 Å². The van der Waals surface area contributed by atoms with Crippen molar-refractivity contribution in [3.8, 4) is 17.4 Å². The smallest absolute Gasteiger partial charge is 0.395 e. The Morgan fingerprint density at radius 3 is 2.59 bits per heavy atom. The predicted octanol–water partition coefficient (Wildman–Crippen LogP) is 4.79. The largest absolute Gasteiger partial charge is 0.490 e. The lowest BCUT2D eigenvalue weighted by molar-refractivity contribution is -0.387. The van der Waals surface area contributed by atoms with Crippen molar-refractivity contribution in [3.63, 3.8) is 0 Å². The molecule has 0 saturated heterocycles. The number of halogens is 2.